The van der Waals surface area contributed by atoms with Crippen LogP contribution in [0.1, 0.15) is 37.2 Å². The Morgan fingerprint density at radius 1 is 1.08 bits per heavy atom. The van der Waals surface area contributed by atoms with Gasteiger partial charge in [0.05, 0.1) is 33.1 Å². The zero-order chi connectivity index (χ0) is 28.1. The van der Waals surface area contributed by atoms with Gasteiger partial charge in [-0.05, 0) is 75.0 Å². The van der Waals surface area contributed by atoms with Gasteiger partial charge in [0.25, 0.3) is 11.2 Å². The Morgan fingerprint density at radius 2 is 1.87 bits per heavy atom. The van der Waals surface area contributed by atoms with E-state index < -0.39 is 4.92 Å². The summed E-state index contributed by atoms with van der Waals surface area (Å²) in [5, 5.41) is 16.1. The van der Waals surface area contributed by atoms with E-state index in [1.54, 1.807) is 30.5 Å². The first-order valence-electron chi connectivity index (χ1n) is 12.0. The van der Waals surface area contributed by atoms with E-state index in [0.717, 1.165) is 10.9 Å². The van der Waals surface area contributed by atoms with Crippen LogP contribution in [0.25, 0.3) is 10.9 Å². The zero-order valence-electron chi connectivity index (χ0n) is 21.0. The number of nitrogens with zero attached hydrogens (tertiary/aromatic N) is 4. The quantitative estimate of drug-likeness (QED) is 0.0959. The van der Waals surface area contributed by atoms with Crippen LogP contribution in [0.2, 0.25) is 0 Å². The van der Waals surface area contributed by atoms with E-state index in [9.17, 15) is 14.9 Å². The molecule has 0 spiro atoms. The summed E-state index contributed by atoms with van der Waals surface area (Å²) >= 11 is 10.6. The van der Waals surface area contributed by atoms with E-state index in [0.29, 0.717) is 61.3 Å². The number of hydrogen-bond acceptors (Lipinski definition) is 7. The van der Waals surface area contributed by atoms with Crippen molar-refractivity contribution < 1.29 is 14.4 Å². The Labute approximate surface area is 249 Å². The average molecular weight is 723 g/mol. The number of hydrogen-bond donors (Lipinski definition) is 0. The lowest BCUT2D eigenvalue weighted by atomic mass is 10.2. The van der Waals surface area contributed by atoms with Crippen LogP contribution in [0.5, 0.6) is 11.5 Å². The van der Waals surface area contributed by atoms with Crippen molar-refractivity contribution in [3.8, 4) is 11.5 Å². The van der Waals surface area contributed by atoms with E-state index in [2.05, 4.69) is 57.9 Å². The molecule has 0 radical (unpaired) electrons. The molecule has 0 saturated carbocycles. The minimum atomic E-state index is -0.448. The van der Waals surface area contributed by atoms with E-state index in [1.165, 1.54) is 16.8 Å². The van der Waals surface area contributed by atoms with Crippen molar-refractivity contribution in [2.24, 2.45) is 5.10 Å². The van der Waals surface area contributed by atoms with Crippen molar-refractivity contribution in [2.75, 3.05) is 6.61 Å². The SMILES string of the molecule is CCCc1nc2ccc(Br)cc2c(=O)n1N=Cc1cc(OCC)c(OCc2cccc([N+](=O)[O-])c2)c(Br)c1Br. The molecule has 39 heavy (non-hydrogen) atoms. The van der Waals surface area contributed by atoms with Gasteiger partial charge in [-0.1, -0.05) is 35.0 Å². The summed E-state index contributed by atoms with van der Waals surface area (Å²) in [5.41, 5.74) is 1.61. The maximum absolute atomic E-state index is 13.3. The second-order valence-electron chi connectivity index (χ2n) is 8.37. The Bertz CT molecular complexity index is 1640. The summed E-state index contributed by atoms with van der Waals surface area (Å²) in [6.45, 7) is 4.33. The number of nitro benzene ring substituents is 1. The molecule has 0 aliphatic carbocycles. The lowest BCUT2D eigenvalue weighted by molar-refractivity contribution is -0.384. The van der Waals surface area contributed by atoms with Crippen LogP contribution in [0.15, 0.2) is 71.8 Å². The summed E-state index contributed by atoms with van der Waals surface area (Å²) in [5.74, 6) is 1.43. The predicted molar refractivity (Wildman–Crippen MR) is 161 cm³/mol. The molecule has 0 amide bonds. The number of benzene rings is 3. The Kier molecular flexibility index (Phi) is 9.52. The molecular weight excluding hydrogens is 700 g/mol. The third-order valence-electron chi connectivity index (χ3n) is 5.62. The van der Waals surface area contributed by atoms with Gasteiger partial charge < -0.3 is 9.47 Å². The smallest absolute Gasteiger partial charge is 0.282 e. The number of ether oxygens (including phenoxy) is 2. The minimum absolute atomic E-state index is 0.0128. The fourth-order valence-electron chi connectivity index (χ4n) is 3.83. The van der Waals surface area contributed by atoms with Gasteiger partial charge >= 0.3 is 0 Å². The molecule has 0 aliphatic heterocycles. The van der Waals surface area contributed by atoms with Crippen LogP contribution in [-0.4, -0.2) is 27.4 Å². The van der Waals surface area contributed by atoms with Crippen LogP contribution in [-0.2, 0) is 13.0 Å². The number of aryl methyl sites for hydroxylation is 1. The molecule has 0 fully saturated rings. The van der Waals surface area contributed by atoms with Gasteiger partial charge in [0, 0.05) is 33.1 Å². The second kappa shape index (κ2) is 12.8. The molecule has 0 bridgehead atoms. The molecule has 9 nitrogen and oxygen atoms in total. The molecule has 4 aromatic rings. The van der Waals surface area contributed by atoms with Crippen molar-refractivity contribution in [1.82, 2.24) is 9.66 Å². The van der Waals surface area contributed by atoms with Crippen molar-refractivity contribution in [1.29, 1.82) is 0 Å². The summed E-state index contributed by atoms with van der Waals surface area (Å²) in [6, 6.07) is 13.4. The van der Waals surface area contributed by atoms with E-state index in [4.69, 9.17) is 9.47 Å². The van der Waals surface area contributed by atoms with Crippen LogP contribution < -0.4 is 15.0 Å². The lowest BCUT2D eigenvalue weighted by Gasteiger charge is -2.16. The minimum Gasteiger partial charge on any atom is -0.490 e. The molecule has 0 unspecified atom stereocenters. The second-order valence-corrected chi connectivity index (χ2v) is 10.9. The standard InChI is InChI=1S/C27H23Br3N4O5/c1-3-6-23-32-21-10-9-18(28)13-20(21)27(35)33(23)31-14-17-12-22(38-4-2)26(25(30)24(17)29)39-15-16-7-5-8-19(11-16)34(36)37/h5,7-14H,3-4,6,15H2,1-2H3. The molecule has 202 valence electrons. The summed E-state index contributed by atoms with van der Waals surface area (Å²) < 4.78 is 15.2. The van der Waals surface area contributed by atoms with Gasteiger partial charge in [-0.2, -0.15) is 9.78 Å². The first-order chi connectivity index (χ1) is 18.7. The molecule has 1 aromatic heterocycles. The number of halogens is 3. The van der Waals surface area contributed by atoms with E-state index in [-0.39, 0.29) is 17.9 Å². The highest BCUT2D eigenvalue weighted by molar-refractivity contribution is 9.13. The van der Waals surface area contributed by atoms with Crippen LogP contribution in [0, 0.1) is 10.1 Å². The van der Waals surface area contributed by atoms with Gasteiger partial charge in [-0.15, -0.1) is 0 Å². The fraction of sp³-hybridized carbons (Fsp3) is 0.222. The summed E-state index contributed by atoms with van der Waals surface area (Å²) in [6.07, 6.45) is 2.94. The Balaban J connectivity index is 1.72. The number of aromatic nitrogens is 2. The molecule has 0 aliphatic rings. The zero-order valence-corrected chi connectivity index (χ0v) is 25.7. The summed E-state index contributed by atoms with van der Waals surface area (Å²) in [4.78, 5) is 28.7. The predicted octanol–water partition coefficient (Wildman–Crippen LogP) is 7.40. The number of fused-ring (bicyclic) bond motifs is 1. The lowest BCUT2D eigenvalue weighted by Crippen LogP contribution is -2.22. The molecular formula is C27H23Br3N4O5. The third kappa shape index (κ3) is 6.56. The molecule has 3 aromatic carbocycles. The Hall–Kier alpha value is -3.09. The van der Waals surface area contributed by atoms with Crippen LogP contribution >= 0.6 is 47.8 Å². The molecule has 12 heteroatoms. The van der Waals surface area contributed by atoms with Crippen molar-refractivity contribution in [2.45, 2.75) is 33.3 Å². The van der Waals surface area contributed by atoms with Crippen molar-refractivity contribution in [3.63, 3.8) is 0 Å². The van der Waals surface area contributed by atoms with Crippen LogP contribution in [0.3, 0.4) is 0 Å². The van der Waals surface area contributed by atoms with Crippen molar-refractivity contribution in [3.05, 3.63) is 99.4 Å². The molecule has 0 N–H and O–H groups in total. The fourth-order valence-corrected chi connectivity index (χ4v) is 5.13. The normalized spacial score (nSPS) is 11.3. The highest BCUT2D eigenvalue weighted by atomic mass is 79.9. The average Bonchev–Trinajstić information content (AvgIpc) is 2.91. The van der Waals surface area contributed by atoms with Gasteiger partial charge in [0.15, 0.2) is 11.5 Å². The van der Waals surface area contributed by atoms with Gasteiger partial charge in [-0.25, -0.2) is 4.98 Å². The number of rotatable bonds is 10. The molecule has 1 heterocycles. The Morgan fingerprint density at radius 3 is 2.59 bits per heavy atom. The molecule has 0 atom stereocenters. The number of non-ortho nitro benzene ring substituents is 1. The first-order valence-corrected chi connectivity index (χ1v) is 14.4. The largest absolute Gasteiger partial charge is 0.490 e. The summed E-state index contributed by atoms with van der Waals surface area (Å²) in [7, 11) is 0. The maximum atomic E-state index is 13.3. The molecule has 4 rings (SSSR count). The maximum Gasteiger partial charge on any atom is 0.282 e. The van der Waals surface area contributed by atoms with Crippen LogP contribution in [0.4, 0.5) is 5.69 Å². The van der Waals surface area contributed by atoms with Crippen molar-refractivity contribution >= 4 is 70.6 Å². The number of nitro groups is 1. The third-order valence-corrected chi connectivity index (χ3v) is 8.26. The first kappa shape index (κ1) is 28.9. The monoisotopic (exact) mass is 720 g/mol. The van der Waals surface area contributed by atoms with Gasteiger partial charge in [-0.3, -0.25) is 14.9 Å². The highest BCUT2D eigenvalue weighted by Crippen LogP contribution is 2.43. The van der Waals surface area contributed by atoms with E-state index >= 15 is 0 Å². The van der Waals surface area contributed by atoms with Gasteiger partial charge in [0.1, 0.15) is 12.4 Å². The molecule has 0 saturated heterocycles. The van der Waals surface area contributed by atoms with E-state index in [1.807, 2.05) is 26.0 Å². The van der Waals surface area contributed by atoms with Gasteiger partial charge in [0.2, 0.25) is 0 Å². The highest BCUT2D eigenvalue weighted by Gasteiger charge is 2.18. The topological polar surface area (TPSA) is 109 Å².